The minimum atomic E-state index is -0.560. The van der Waals surface area contributed by atoms with Crippen molar-refractivity contribution in [2.24, 2.45) is 0 Å². The first-order valence-corrected chi connectivity index (χ1v) is 7.68. The van der Waals surface area contributed by atoms with Gasteiger partial charge >= 0.3 is 0 Å². The standard InChI is InChI=1S/C17H18BrF2N/c1-4-21-17(14-6-5-13(19)9-15(14)20)12-7-10(2)16(18)11(3)8-12/h5-9,17,21H,4H2,1-3H3. The molecule has 0 radical (unpaired) electrons. The zero-order valence-electron chi connectivity index (χ0n) is 12.3. The van der Waals surface area contributed by atoms with Gasteiger partial charge in [0, 0.05) is 16.1 Å². The molecule has 112 valence electrons. The summed E-state index contributed by atoms with van der Waals surface area (Å²) >= 11 is 3.54. The molecule has 1 unspecified atom stereocenters. The molecule has 0 bridgehead atoms. The van der Waals surface area contributed by atoms with Crippen LogP contribution in [-0.4, -0.2) is 6.54 Å². The minimum Gasteiger partial charge on any atom is -0.306 e. The third kappa shape index (κ3) is 3.50. The first-order valence-electron chi connectivity index (χ1n) is 6.89. The fraction of sp³-hybridized carbons (Fsp3) is 0.294. The smallest absolute Gasteiger partial charge is 0.131 e. The predicted octanol–water partition coefficient (Wildman–Crippen LogP) is 5.04. The Kier molecular flexibility index (Phi) is 5.12. The molecule has 2 rings (SSSR count). The Balaban J connectivity index is 2.53. The highest BCUT2D eigenvalue weighted by Crippen LogP contribution is 2.30. The number of benzene rings is 2. The molecule has 1 N–H and O–H groups in total. The van der Waals surface area contributed by atoms with E-state index >= 15 is 0 Å². The van der Waals surface area contributed by atoms with E-state index in [0.717, 1.165) is 27.2 Å². The van der Waals surface area contributed by atoms with Crippen LogP contribution in [0.5, 0.6) is 0 Å². The number of hydrogen-bond donors (Lipinski definition) is 1. The van der Waals surface area contributed by atoms with Gasteiger partial charge in [-0.15, -0.1) is 0 Å². The average Bonchev–Trinajstić information content (AvgIpc) is 2.42. The van der Waals surface area contributed by atoms with E-state index in [1.54, 1.807) is 0 Å². The maximum atomic E-state index is 14.1. The van der Waals surface area contributed by atoms with E-state index in [0.29, 0.717) is 12.1 Å². The molecule has 0 amide bonds. The maximum absolute atomic E-state index is 14.1. The van der Waals surface area contributed by atoms with Gasteiger partial charge in [-0.05, 0) is 43.1 Å². The fourth-order valence-electron chi connectivity index (χ4n) is 2.49. The molecule has 0 aromatic heterocycles. The zero-order chi connectivity index (χ0) is 15.6. The Hall–Kier alpha value is -1.26. The summed E-state index contributed by atoms with van der Waals surface area (Å²) in [6.07, 6.45) is 0. The van der Waals surface area contributed by atoms with Crippen LogP contribution in [-0.2, 0) is 0 Å². The van der Waals surface area contributed by atoms with Gasteiger partial charge in [0.05, 0.1) is 6.04 Å². The van der Waals surface area contributed by atoms with E-state index in [4.69, 9.17) is 0 Å². The second kappa shape index (κ2) is 6.67. The Bertz CT molecular complexity index is 632. The van der Waals surface area contributed by atoms with E-state index in [9.17, 15) is 8.78 Å². The Labute approximate surface area is 132 Å². The van der Waals surface area contributed by atoms with E-state index in [1.807, 2.05) is 32.9 Å². The molecule has 4 heteroatoms. The Morgan fingerprint density at radius 3 is 2.24 bits per heavy atom. The number of aryl methyl sites for hydroxylation is 2. The predicted molar refractivity (Wildman–Crippen MR) is 85.5 cm³/mol. The largest absolute Gasteiger partial charge is 0.306 e. The third-order valence-electron chi connectivity index (χ3n) is 3.47. The van der Waals surface area contributed by atoms with E-state index in [-0.39, 0.29) is 6.04 Å². The van der Waals surface area contributed by atoms with Gasteiger partial charge in [-0.25, -0.2) is 8.78 Å². The van der Waals surface area contributed by atoms with E-state index < -0.39 is 11.6 Å². The summed E-state index contributed by atoms with van der Waals surface area (Å²) < 4.78 is 28.3. The molecule has 0 aliphatic carbocycles. The van der Waals surface area contributed by atoms with Crippen LogP contribution in [0.4, 0.5) is 8.78 Å². The first kappa shape index (κ1) is 16.1. The SMILES string of the molecule is CCNC(c1cc(C)c(Br)c(C)c1)c1ccc(F)cc1F. The highest BCUT2D eigenvalue weighted by Gasteiger charge is 2.19. The normalized spacial score (nSPS) is 12.5. The second-order valence-corrected chi connectivity index (χ2v) is 5.92. The molecule has 0 fully saturated rings. The molecule has 1 nitrogen and oxygen atoms in total. The van der Waals surface area contributed by atoms with Crippen LogP contribution in [0.1, 0.15) is 35.2 Å². The number of hydrogen-bond acceptors (Lipinski definition) is 1. The van der Waals surface area contributed by atoms with Crippen LogP contribution in [0, 0.1) is 25.5 Å². The van der Waals surface area contributed by atoms with Crippen molar-refractivity contribution < 1.29 is 8.78 Å². The lowest BCUT2D eigenvalue weighted by atomic mass is 9.95. The fourth-order valence-corrected chi connectivity index (χ4v) is 2.72. The molecule has 21 heavy (non-hydrogen) atoms. The molecule has 2 aromatic carbocycles. The van der Waals surface area contributed by atoms with Crippen LogP contribution in [0.2, 0.25) is 0 Å². The summed E-state index contributed by atoms with van der Waals surface area (Å²) in [5.74, 6) is -1.09. The van der Waals surface area contributed by atoms with Gasteiger partial charge in [-0.2, -0.15) is 0 Å². The van der Waals surface area contributed by atoms with Crippen molar-refractivity contribution >= 4 is 15.9 Å². The van der Waals surface area contributed by atoms with Crippen molar-refractivity contribution in [3.63, 3.8) is 0 Å². The van der Waals surface area contributed by atoms with Gasteiger partial charge in [0.25, 0.3) is 0 Å². The summed E-state index contributed by atoms with van der Waals surface area (Å²) in [5.41, 5.74) is 3.62. The van der Waals surface area contributed by atoms with Crippen molar-refractivity contribution in [3.05, 3.63) is 68.7 Å². The first-order chi connectivity index (χ1) is 9.93. The Morgan fingerprint density at radius 2 is 1.71 bits per heavy atom. The summed E-state index contributed by atoms with van der Waals surface area (Å²) in [4.78, 5) is 0. The van der Waals surface area contributed by atoms with E-state index in [2.05, 4.69) is 21.2 Å². The van der Waals surface area contributed by atoms with Crippen LogP contribution >= 0.6 is 15.9 Å². The highest BCUT2D eigenvalue weighted by molar-refractivity contribution is 9.10. The topological polar surface area (TPSA) is 12.0 Å². The third-order valence-corrected chi connectivity index (χ3v) is 4.72. The summed E-state index contributed by atoms with van der Waals surface area (Å²) in [6, 6.07) is 7.48. The zero-order valence-corrected chi connectivity index (χ0v) is 13.9. The van der Waals surface area contributed by atoms with Gasteiger partial charge in [-0.3, -0.25) is 0 Å². The summed E-state index contributed by atoms with van der Waals surface area (Å²) in [6.45, 7) is 6.66. The molecular weight excluding hydrogens is 336 g/mol. The quantitative estimate of drug-likeness (QED) is 0.811. The van der Waals surface area contributed by atoms with Crippen molar-refractivity contribution in [3.8, 4) is 0 Å². The van der Waals surface area contributed by atoms with Gasteiger partial charge in [0.2, 0.25) is 0 Å². The molecule has 0 aliphatic rings. The van der Waals surface area contributed by atoms with Crippen molar-refractivity contribution in [1.29, 1.82) is 0 Å². The lowest BCUT2D eigenvalue weighted by Crippen LogP contribution is -2.23. The van der Waals surface area contributed by atoms with Crippen LogP contribution in [0.15, 0.2) is 34.8 Å². The highest BCUT2D eigenvalue weighted by atomic mass is 79.9. The molecule has 0 heterocycles. The van der Waals surface area contributed by atoms with Crippen LogP contribution in [0.25, 0.3) is 0 Å². The van der Waals surface area contributed by atoms with E-state index in [1.165, 1.54) is 12.1 Å². The van der Waals surface area contributed by atoms with Crippen LogP contribution < -0.4 is 5.32 Å². The van der Waals surface area contributed by atoms with Crippen molar-refractivity contribution in [1.82, 2.24) is 5.32 Å². The lowest BCUT2D eigenvalue weighted by Gasteiger charge is -2.21. The van der Waals surface area contributed by atoms with Crippen LogP contribution in [0.3, 0.4) is 0 Å². The monoisotopic (exact) mass is 353 g/mol. The van der Waals surface area contributed by atoms with Gasteiger partial charge in [0.15, 0.2) is 0 Å². The molecule has 0 aliphatic heterocycles. The molecule has 2 aromatic rings. The average molecular weight is 354 g/mol. The summed E-state index contributed by atoms with van der Waals surface area (Å²) in [7, 11) is 0. The minimum absolute atomic E-state index is 0.291. The molecule has 0 saturated heterocycles. The lowest BCUT2D eigenvalue weighted by molar-refractivity contribution is 0.541. The molecule has 0 spiro atoms. The van der Waals surface area contributed by atoms with Crippen molar-refractivity contribution in [2.45, 2.75) is 26.8 Å². The van der Waals surface area contributed by atoms with Gasteiger partial charge in [0.1, 0.15) is 11.6 Å². The maximum Gasteiger partial charge on any atom is 0.131 e. The van der Waals surface area contributed by atoms with Gasteiger partial charge in [-0.1, -0.05) is 41.1 Å². The molecular formula is C17H18BrF2N. The van der Waals surface area contributed by atoms with Crippen molar-refractivity contribution in [2.75, 3.05) is 6.54 Å². The number of nitrogens with one attached hydrogen (secondary N) is 1. The summed E-state index contributed by atoms with van der Waals surface area (Å²) in [5, 5.41) is 3.27. The number of rotatable bonds is 4. The molecule has 1 atom stereocenters. The number of halogens is 3. The Morgan fingerprint density at radius 1 is 1.10 bits per heavy atom. The second-order valence-electron chi connectivity index (χ2n) is 5.13. The molecule has 0 saturated carbocycles. The van der Waals surface area contributed by atoms with Gasteiger partial charge < -0.3 is 5.32 Å².